The maximum Gasteiger partial charge on any atom is 0.175 e. The van der Waals surface area contributed by atoms with Crippen molar-refractivity contribution in [3.05, 3.63) is 91.9 Å². The SMILES string of the molecule is COc1cc(/C=C(/C#N)c2ccc(Cl)cc2)cc(Br)c1OCc1ccc(Cl)cc1. The first-order chi connectivity index (χ1) is 14.0. The van der Waals surface area contributed by atoms with Gasteiger partial charge < -0.3 is 9.47 Å². The van der Waals surface area contributed by atoms with E-state index in [0.717, 1.165) is 21.2 Å². The standard InChI is InChI=1S/C23H16BrCl2NO2/c1-28-22-12-16(10-18(13-27)17-4-8-20(26)9-5-17)11-21(24)23(22)29-14-15-2-6-19(25)7-3-15/h2-12H,14H2,1H3/b18-10-. The molecule has 3 nitrogen and oxygen atoms in total. The molecule has 6 heteroatoms. The Morgan fingerprint density at radius 2 is 1.66 bits per heavy atom. The highest BCUT2D eigenvalue weighted by Crippen LogP contribution is 2.38. The molecular weight excluding hydrogens is 473 g/mol. The summed E-state index contributed by atoms with van der Waals surface area (Å²) in [5.74, 6) is 1.15. The van der Waals surface area contributed by atoms with E-state index in [1.807, 2.05) is 48.5 Å². The Hall–Kier alpha value is -2.45. The fourth-order valence-electron chi connectivity index (χ4n) is 2.68. The molecule has 146 valence electrons. The fraction of sp³-hybridized carbons (Fsp3) is 0.0870. The van der Waals surface area contributed by atoms with Gasteiger partial charge in [-0.05, 0) is 75.1 Å². The number of allylic oxidation sites excluding steroid dienone is 1. The number of nitrogens with zero attached hydrogens (tertiary/aromatic N) is 1. The predicted octanol–water partition coefficient (Wildman–Crippen LogP) is 7.41. The molecule has 0 N–H and O–H groups in total. The molecule has 0 radical (unpaired) electrons. The number of hydrogen-bond acceptors (Lipinski definition) is 3. The van der Waals surface area contributed by atoms with Crippen LogP contribution < -0.4 is 9.47 Å². The van der Waals surface area contributed by atoms with Crippen LogP contribution in [0.25, 0.3) is 11.6 Å². The minimum atomic E-state index is 0.371. The van der Waals surface area contributed by atoms with E-state index in [4.69, 9.17) is 32.7 Å². The maximum atomic E-state index is 9.56. The first-order valence-electron chi connectivity index (χ1n) is 8.62. The molecule has 29 heavy (non-hydrogen) atoms. The molecule has 3 rings (SSSR count). The van der Waals surface area contributed by atoms with Crippen LogP contribution in [0.3, 0.4) is 0 Å². The van der Waals surface area contributed by atoms with Crippen LogP contribution >= 0.6 is 39.1 Å². The lowest BCUT2D eigenvalue weighted by Crippen LogP contribution is -1.99. The van der Waals surface area contributed by atoms with Gasteiger partial charge in [0.25, 0.3) is 0 Å². The Labute approximate surface area is 188 Å². The number of ether oxygens (including phenoxy) is 2. The molecule has 0 atom stereocenters. The molecule has 0 amide bonds. The second kappa shape index (κ2) is 9.84. The minimum Gasteiger partial charge on any atom is -0.493 e. The van der Waals surface area contributed by atoms with Crippen molar-refractivity contribution in [1.82, 2.24) is 0 Å². The van der Waals surface area contributed by atoms with Crippen LogP contribution in [0.5, 0.6) is 11.5 Å². The number of nitriles is 1. The number of hydrogen-bond donors (Lipinski definition) is 0. The van der Waals surface area contributed by atoms with Crippen LogP contribution in [0.15, 0.2) is 65.1 Å². The third kappa shape index (κ3) is 5.55. The Kier molecular flexibility index (Phi) is 7.22. The van der Waals surface area contributed by atoms with Crippen LogP contribution in [0.2, 0.25) is 10.0 Å². The predicted molar refractivity (Wildman–Crippen MR) is 121 cm³/mol. The van der Waals surface area contributed by atoms with Gasteiger partial charge in [-0.3, -0.25) is 0 Å². The van der Waals surface area contributed by atoms with Crippen molar-refractivity contribution >= 4 is 50.8 Å². The first-order valence-corrected chi connectivity index (χ1v) is 10.2. The summed E-state index contributed by atoms with van der Waals surface area (Å²) in [4.78, 5) is 0. The van der Waals surface area contributed by atoms with Gasteiger partial charge in [-0.2, -0.15) is 5.26 Å². The molecule has 3 aromatic carbocycles. The second-order valence-corrected chi connectivity index (χ2v) is 7.85. The molecule has 0 unspecified atom stereocenters. The maximum absolute atomic E-state index is 9.56. The van der Waals surface area contributed by atoms with Gasteiger partial charge in [0.15, 0.2) is 11.5 Å². The van der Waals surface area contributed by atoms with E-state index in [1.165, 1.54) is 0 Å². The van der Waals surface area contributed by atoms with Gasteiger partial charge in [-0.1, -0.05) is 47.5 Å². The van der Waals surface area contributed by atoms with Crippen molar-refractivity contribution in [3.8, 4) is 17.6 Å². The van der Waals surface area contributed by atoms with E-state index in [9.17, 15) is 5.26 Å². The van der Waals surface area contributed by atoms with Crippen LogP contribution in [-0.2, 0) is 6.61 Å². The van der Waals surface area contributed by atoms with Gasteiger partial charge in [-0.25, -0.2) is 0 Å². The third-order valence-electron chi connectivity index (χ3n) is 4.13. The van der Waals surface area contributed by atoms with Crippen molar-refractivity contribution in [2.24, 2.45) is 0 Å². The summed E-state index contributed by atoms with van der Waals surface area (Å²) in [6, 6.07) is 20.5. The van der Waals surface area contributed by atoms with E-state index in [0.29, 0.717) is 33.7 Å². The molecule has 0 saturated carbocycles. The lowest BCUT2D eigenvalue weighted by molar-refractivity contribution is 0.282. The zero-order chi connectivity index (χ0) is 20.8. The molecule has 0 aliphatic rings. The average Bonchev–Trinajstić information content (AvgIpc) is 2.72. The van der Waals surface area contributed by atoms with E-state index in [-0.39, 0.29) is 0 Å². The molecule has 0 saturated heterocycles. The molecule has 0 aromatic heterocycles. The molecule has 0 fully saturated rings. The van der Waals surface area contributed by atoms with Crippen LogP contribution in [0.4, 0.5) is 0 Å². The Balaban J connectivity index is 1.88. The highest BCUT2D eigenvalue weighted by Gasteiger charge is 2.12. The fourth-order valence-corrected chi connectivity index (χ4v) is 3.50. The lowest BCUT2D eigenvalue weighted by atomic mass is 10.0. The zero-order valence-corrected chi connectivity index (χ0v) is 18.6. The quantitative estimate of drug-likeness (QED) is 0.268. The number of halogens is 3. The summed E-state index contributed by atoms with van der Waals surface area (Å²) in [6.07, 6.45) is 1.79. The normalized spacial score (nSPS) is 11.1. The Bertz CT molecular complexity index is 1070. The molecule has 0 aliphatic heterocycles. The van der Waals surface area contributed by atoms with Crippen molar-refractivity contribution in [2.75, 3.05) is 7.11 Å². The van der Waals surface area contributed by atoms with Gasteiger partial charge in [0.1, 0.15) is 6.61 Å². The number of benzene rings is 3. The van der Waals surface area contributed by atoms with Crippen LogP contribution in [0, 0.1) is 11.3 Å². The highest BCUT2D eigenvalue weighted by atomic mass is 79.9. The van der Waals surface area contributed by atoms with Gasteiger partial charge in [0.2, 0.25) is 0 Å². The second-order valence-electron chi connectivity index (χ2n) is 6.13. The largest absolute Gasteiger partial charge is 0.493 e. The van der Waals surface area contributed by atoms with Gasteiger partial charge >= 0.3 is 0 Å². The number of rotatable bonds is 6. The Morgan fingerprint density at radius 1 is 1.03 bits per heavy atom. The smallest absolute Gasteiger partial charge is 0.175 e. The first kappa shape index (κ1) is 21.3. The van der Waals surface area contributed by atoms with Crippen LogP contribution in [0.1, 0.15) is 16.7 Å². The lowest BCUT2D eigenvalue weighted by Gasteiger charge is -2.14. The van der Waals surface area contributed by atoms with Gasteiger partial charge in [0, 0.05) is 10.0 Å². The van der Waals surface area contributed by atoms with Gasteiger partial charge in [-0.15, -0.1) is 0 Å². The Morgan fingerprint density at radius 3 is 2.24 bits per heavy atom. The zero-order valence-electron chi connectivity index (χ0n) is 15.5. The van der Waals surface area contributed by atoms with Crippen molar-refractivity contribution in [3.63, 3.8) is 0 Å². The van der Waals surface area contributed by atoms with Crippen LogP contribution in [-0.4, -0.2) is 7.11 Å². The summed E-state index contributed by atoms with van der Waals surface area (Å²) in [6.45, 7) is 0.371. The molecule has 0 aliphatic carbocycles. The van der Waals surface area contributed by atoms with E-state index < -0.39 is 0 Å². The van der Waals surface area contributed by atoms with Crippen molar-refractivity contribution < 1.29 is 9.47 Å². The van der Waals surface area contributed by atoms with E-state index in [2.05, 4.69) is 22.0 Å². The molecule has 0 spiro atoms. The molecule has 0 bridgehead atoms. The summed E-state index contributed by atoms with van der Waals surface area (Å²) in [5, 5.41) is 10.9. The molecule has 3 aromatic rings. The van der Waals surface area contributed by atoms with Crippen molar-refractivity contribution in [1.29, 1.82) is 5.26 Å². The van der Waals surface area contributed by atoms with E-state index >= 15 is 0 Å². The average molecular weight is 489 g/mol. The monoisotopic (exact) mass is 487 g/mol. The molecular formula is C23H16BrCl2NO2. The minimum absolute atomic E-state index is 0.371. The topological polar surface area (TPSA) is 42.2 Å². The number of methoxy groups -OCH3 is 1. The highest BCUT2D eigenvalue weighted by molar-refractivity contribution is 9.10. The summed E-state index contributed by atoms with van der Waals surface area (Å²) in [7, 11) is 1.58. The third-order valence-corrected chi connectivity index (χ3v) is 5.23. The van der Waals surface area contributed by atoms with Gasteiger partial charge in [0.05, 0.1) is 23.2 Å². The summed E-state index contributed by atoms with van der Waals surface area (Å²) in [5.41, 5.74) is 3.10. The van der Waals surface area contributed by atoms with Crippen molar-refractivity contribution in [2.45, 2.75) is 6.61 Å². The summed E-state index contributed by atoms with van der Waals surface area (Å²) >= 11 is 15.4. The summed E-state index contributed by atoms with van der Waals surface area (Å²) < 4.78 is 12.2. The molecule has 0 heterocycles. The van der Waals surface area contributed by atoms with E-state index in [1.54, 1.807) is 25.3 Å².